The van der Waals surface area contributed by atoms with Crippen LogP contribution in [0.4, 0.5) is 5.13 Å². The van der Waals surface area contributed by atoms with E-state index in [1.54, 1.807) is 36.5 Å². The van der Waals surface area contributed by atoms with Crippen LogP contribution in [0.1, 0.15) is 12.5 Å². The number of hydrogen-bond donors (Lipinski definition) is 2. The van der Waals surface area contributed by atoms with Crippen molar-refractivity contribution in [2.75, 3.05) is 12.0 Å². The summed E-state index contributed by atoms with van der Waals surface area (Å²) in [4.78, 5) is 4.46. The average molecular weight is 408 g/mol. The third kappa shape index (κ3) is 4.46. The summed E-state index contributed by atoms with van der Waals surface area (Å²) in [7, 11) is 0. The molecule has 3 rings (SSSR count). The van der Waals surface area contributed by atoms with Gasteiger partial charge in [-0.15, -0.1) is 11.3 Å². The van der Waals surface area contributed by atoms with Gasteiger partial charge in [-0.3, -0.25) is 5.43 Å². The molecule has 0 bridgehead atoms. The van der Waals surface area contributed by atoms with Gasteiger partial charge < -0.3 is 9.84 Å². The molecule has 1 heterocycles. The fourth-order valence-corrected chi connectivity index (χ4v) is 3.35. The van der Waals surface area contributed by atoms with Crippen LogP contribution in [-0.2, 0) is 0 Å². The average Bonchev–Trinajstić information content (AvgIpc) is 3.06. The minimum Gasteiger partial charge on any atom is -0.504 e. The number of halogens is 2. The smallest absolute Gasteiger partial charge is 0.203 e. The van der Waals surface area contributed by atoms with Crippen molar-refractivity contribution in [3.63, 3.8) is 0 Å². The molecule has 0 fully saturated rings. The number of benzene rings is 2. The van der Waals surface area contributed by atoms with Gasteiger partial charge in [0.15, 0.2) is 11.5 Å². The number of rotatable bonds is 6. The maximum Gasteiger partial charge on any atom is 0.203 e. The summed E-state index contributed by atoms with van der Waals surface area (Å²) in [5.74, 6) is 0.520. The van der Waals surface area contributed by atoms with Crippen molar-refractivity contribution in [1.29, 1.82) is 0 Å². The van der Waals surface area contributed by atoms with Gasteiger partial charge in [0.2, 0.25) is 5.13 Å². The van der Waals surface area contributed by atoms with Crippen molar-refractivity contribution >= 4 is 45.9 Å². The van der Waals surface area contributed by atoms with E-state index in [-0.39, 0.29) is 5.75 Å². The van der Waals surface area contributed by atoms with Gasteiger partial charge in [0.1, 0.15) is 0 Å². The van der Waals surface area contributed by atoms with Crippen LogP contribution in [-0.4, -0.2) is 22.9 Å². The van der Waals surface area contributed by atoms with E-state index in [0.717, 1.165) is 16.8 Å². The molecular weight excluding hydrogens is 393 g/mol. The van der Waals surface area contributed by atoms with Gasteiger partial charge in [0.05, 0.1) is 23.5 Å². The molecule has 26 heavy (non-hydrogen) atoms. The van der Waals surface area contributed by atoms with Gasteiger partial charge in [0.25, 0.3) is 0 Å². The number of aromatic hydroxyl groups is 1. The van der Waals surface area contributed by atoms with Crippen molar-refractivity contribution in [3.8, 4) is 22.8 Å². The van der Waals surface area contributed by atoms with Crippen LogP contribution >= 0.6 is 34.5 Å². The molecule has 0 aliphatic rings. The molecule has 0 unspecified atom stereocenters. The number of thiazole rings is 1. The molecule has 0 aliphatic carbocycles. The molecule has 5 nitrogen and oxygen atoms in total. The van der Waals surface area contributed by atoms with Crippen LogP contribution in [0.25, 0.3) is 11.3 Å². The Morgan fingerprint density at radius 1 is 1.27 bits per heavy atom. The maximum absolute atomic E-state index is 9.71. The Morgan fingerprint density at radius 2 is 2.12 bits per heavy atom. The van der Waals surface area contributed by atoms with E-state index in [0.29, 0.717) is 27.5 Å². The summed E-state index contributed by atoms with van der Waals surface area (Å²) in [5.41, 5.74) is 5.23. The zero-order valence-corrected chi connectivity index (χ0v) is 16.1. The van der Waals surface area contributed by atoms with Crippen LogP contribution in [0.2, 0.25) is 10.0 Å². The van der Waals surface area contributed by atoms with E-state index >= 15 is 0 Å². The molecule has 134 valence electrons. The Hall–Kier alpha value is -2.28. The Balaban J connectivity index is 1.70. The van der Waals surface area contributed by atoms with Gasteiger partial charge in [-0.2, -0.15) is 5.10 Å². The molecule has 0 atom stereocenters. The Morgan fingerprint density at radius 3 is 2.88 bits per heavy atom. The molecule has 0 amide bonds. The highest BCUT2D eigenvalue weighted by Gasteiger charge is 2.08. The van der Waals surface area contributed by atoms with Crippen LogP contribution in [0.3, 0.4) is 0 Å². The zero-order valence-electron chi connectivity index (χ0n) is 13.7. The number of phenolic OH excluding ortho intramolecular Hbond substituents is 1. The van der Waals surface area contributed by atoms with E-state index in [9.17, 15) is 5.11 Å². The maximum atomic E-state index is 9.71. The van der Waals surface area contributed by atoms with Gasteiger partial charge in [0, 0.05) is 16.0 Å². The van der Waals surface area contributed by atoms with E-state index in [4.69, 9.17) is 27.9 Å². The lowest BCUT2D eigenvalue weighted by molar-refractivity contribution is 0.318. The number of aromatic nitrogens is 1. The first kappa shape index (κ1) is 18.5. The highest BCUT2D eigenvalue weighted by molar-refractivity contribution is 7.14. The van der Waals surface area contributed by atoms with E-state index in [2.05, 4.69) is 15.5 Å². The number of phenols is 1. The number of hydrogen-bond acceptors (Lipinski definition) is 6. The van der Waals surface area contributed by atoms with Gasteiger partial charge in [-0.1, -0.05) is 23.2 Å². The Labute approximate surface area is 164 Å². The summed E-state index contributed by atoms with van der Waals surface area (Å²) < 4.78 is 5.35. The van der Waals surface area contributed by atoms with Gasteiger partial charge in [-0.05, 0) is 48.9 Å². The fourth-order valence-electron chi connectivity index (χ4n) is 2.19. The van der Waals surface area contributed by atoms with E-state index in [1.807, 2.05) is 18.4 Å². The number of anilines is 1. The first-order valence-corrected chi connectivity index (χ1v) is 9.36. The second kappa shape index (κ2) is 8.40. The highest BCUT2D eigenvalue weighted by Crippen LogP contribution is 2.32. The number of ether oxygens (including phenoxy) is 1. The second-order valence-electron chi connectivity index (χ2n) is 5.19. The first-order valence-electron chi connectivity index (χ1n) is 7.72. The van der Waals surface area contributed by atoms with Crippen molar-refractivity contribution in [2.24, 2.45) is 5.10 Å². The van der Waals surface area contributed by atoms with Gasteiger partial charge in [-0.25, -0.2) is 4.98 Å². The largest absolute Gasteiger partial charge is 0.504 e. The standard InChI is InChI=1S/C18H15Cl2N3O2S/c1-2-25-17-7-11(3-6-16(17)24)9-21-23-18-22-15(10-26-18)13-5-4-12(19)8-14(13)20/h3-10,24H,2H2,1H3,(H,22,23)/b21-9+. The number of hydrazone groups is 1. The van der Waals surface area contributed by atoms with Gasteiger partial charge >= 0.3 is 0 Å². The topological polar surface area (TPSA) is 66.7 Å². The van der Waals surface area contributed by atoms with Crippen molar-refractivity contribution in [1.82, 2.24) is 4.98 Å². The molecule has 1 aromatic heterocycles. The SMILES string of the molecule is CCOc1cc(/C=N/Nc2nc(-c3ccc(Cl)cc3Cl)cs2)ccc1O. The molecule has 0 radical (unpaired) electrons. The lowest BCUT2D eigenvalue weighted by Gasteiger charge is -2.05. The zero-order chi connectivity index (χ0) is 18.5. The van der Waals surface area contributed by atoms with Crippen molar-refractivity contribution in [3.05, 3.63) is 57.4 Å². The highest BCUT2D eigenvalue weighted by atomic mass is 35.5. The fraction of sp³-hybridized carbons (Fsp3) is 0.111. The molecule has 2 aromatic carbocycles. The lowest BCUT2D eigenvalue weighted by atomic mass is 10.2. The lowest BCUT2D eigenvalue weighted by Crippen LogP contribution is -1.94. The van der Waals surface area contributed by atoms with Crippen molar-refractivity contribution < 1.29 is 9.84 Å². The molecule has 2 N–H and O–H groups in total. The van der Waals surface area contributed by atoms with Crippen LogP contribution in [0.15, 0.2) is 46.9 Å². The monoisotopic (exact) mass is 407 g/mol. The predicted octanol–water partition coefficient (Wildman–Crippen LogP) is 5.67. The number of nitrogens with zero attached hydrogens (tertiary/aromatic N) is 2. The number of nitrogens with one attached hydrogen (secondary N) is 1. The van der Waals surface area contributed by atoms with Crippen LogP contribution in [0, 0.1) is 0 Å². The summed E-state index contributed by atoms with van der Waals surface area (Å²) in [6.07, 6.45) is 1.62. The normalized spacial score (nSPS) is 11.0. The van der Waals surface area contributed by atoms with E-state index < -0.39 is 0 Å². The molecule has 3 aromatic rings. The molecule has 0 aliphatic heterocycles. The third-order valence-corrected chi connectivity index (χ3v) is 4.66. The molecule has 0 saturated carbocycles. The summed E-state index contributed by atoms with van der Waals surface area (Å²) in [6.45, 7) is 2.33. The quantitative estimate of drug-likeness (QED) is 0.408. The van der Waals surface area contributed by atoms with Crippen molar-refractivity contribution in [2.45, 2.75) is 6.92 Å². The Kier molecular flexibility index (Phi) is 5.98. The van der Waals surface area contributed by atoms with E-state index in [1.165, 1.54) is 11.3 Å². The second-order valence-corrected chi connectivity index (χ2v) is 6.89. The Bertz CT molecular complexity index is 944. The molecule has 0 saturated heterocycles. The molecular formula is C18H15Cl2N3O2S. The first-order chi connectivity index (χ1) is 12.6. The molecule has 8 heteroatoms. The minimum atomic E-state index is 0.0985. The third-order valence-electron chi connectivity index (χ3n) is 3.37. The minimum absolute atomic E-state index is 0.0985. The summed E-state index contributed by atoms with van der Waals surface area (Å²) in [5, 5.41) is 17.5. The molecule has 0 spiro atoms. The predicted molar refractivity (Wildman–Crippen MR) is 108 cm³/mol. The van der Waals surface area contributed by atoms with Crippen LogP contribution < -0.4 is 10.2 Å². The summed E-state index contributed by atoms with van der Waals surface area (Å²) in [6, 6.07) is 10.3. The van der Waals surface area contributed by atoms with Crippen LogP contribution in [0.5, 0.6) is 11.5 Å². The summed E-state index contributed by atoms with van der Waals surface area (Å²) >= 11 is 13.5.